The van der Waals surface area contributed by atoms with Crippen molar-refractivity contribution in [2.24, 2.45) is 0 Å². The summed E-state index contributed by atoms with van der Waals surface area (Å²) in [7, 11) is -2.44. The smallest absolute Gasteiger partial charge is 0.254 e. The maximum absolute atomic E-state index is 13.7. The van der Waals surface area contributed by atoms with Gasteiger partial charge in [-0.1, -0.05) is 12.1 Å². The summed E-state index contributed by atoms with van der Waals surface area (Å²) >= 11 is 0. The van der Waals surface area contributed by atoms with E-state index in [1.165, 1.54) is 31.4 Å². The molecule has 1 atom stereocenters. The fourth-order valence-corrected chi connectivity index (χ4v) is 5.30. The molecule has 172 valence electrons. The van der Waals surface area contributed by atoms with Gasteiger partial charge in [0.15, 0.2) is 0 Å². The molecule has 7 nitrogen and oxygen atoms in total. The Morgan fingerprint density at radius 2 is 2.03 bits per heavy atom. The first-order valence-electron chi connectivity index (χ1n) is 10.7. The van der Waals surface area contributed by atoms with Crippen molar-refractivity contribution in [1.82, 2.24) is 9.62 Å². The molecule has 1 N–H and O–H groups in total. The van der Waals surface area contributed by atoms with Crippen molar-refractivity contribution >= 4 is 15.9 Å². The first kappa shape index (κ1) is 22.7. The minimum atomic E-state index is -3.83. The highest BCUT2D eigenvalue weighted by molar-refractivity contribution is 7.89. The Morgan fingerprint density at radius 3 is 2.69 bits per heavy atom. The molecule has 2 aliphatic rings. The number of hydrogen-bond acceptors (Lipinski definition) is 5. The van der Waals surface area contributed by atoms with E-state index < -0.39 is 10.0 Å². The Morgan fingerprint density at radius 1 is 1.22 bits per heavy atom. The van der Waals surface area contributed by atoms with Gasteiger partial charge >= 0.3 is 0 Å². The Kier molecular flexibility index (Phi) is 6.78. The largest absolute Gasteiger partial charge is 0.495 e. The van der Waals surface area contributed by atoms with Gasteiger partial charge in [0.05, 0.1) is 13.2 Å². The Hall–Kier alpha value is -2.49. The van der Waals surface area contributed by atoms with Crippen LogP contribution in [0.4, 0.5) is 4.39 Å². The predicted octanol–water partition coefficient (Wildman–Crippen LogP) is 3.10. The van der Waals surface area contributed by atoms with Gasteiger partial charge in [-0.05, 0) is 61.6 Å². The van der Waals surface area contributed by atoms with Gasteiger partial charge in [0.1, 0.15) is 16.5 Å². The lowest BCUT2D eigenvalue weighted by Gasteiger charge is -2.26. The summed E-state index contributed by atoms with van der Waals surface area (Å²) < 4.78 is 52.9. The number of methoxy groups -OCH3 is 1. The molecule has 0 bridgehead atoms. The lowest BCUT2D eigenvalue weighted by Crippen LogP contribution is -2.37. The Labute approximate surface area is 187 Å². The molecule has 2 aromatic carbocycles. The topological polar surface area (TPSA) is 84.9 Å². The van der Waals surface area contributed by atoms with Crippen LogP contribution in [0.3, 0.4) is 0 Å². The summed E-state index contributed by atoms with van der Waals surface area (Å²) in [6.07, 6.45) is 3.24. The molecule has 9 heteroatoms. The highest BCUT2D eigenvalue weighted by Crippen LogP contribution is 2.29. The molecule has 1 amide bonds. The number of hydrogen-bond donors (Lipinski definition) is 1. The van der Waals surface area contributed by atoms with Crippen molar-refractivity contribution in [3.63, 3.8) is 0 Å². The summed E-state index contributed by atoms with van der Waals surface area (Å²) in [4.78, 5) is 15.0. The zero-order chi connectivity index (χ0) is 22.7. The summed E-state index contributed by atoms with van der Waals surface area (Å²) in [6.45, 7) is 1.17. The van der Waals surface area contributed by atoms with Gasteiger partial charge in [-0.2, -0.15) is 0 Å². The molecule has 0 radical (unpaired) electrons. The molecule has 1 aliphatic heterocycles. The molecule has 1 saturated heterocycles. The van der Waals surface area contributed by atoms with E-state index in [0.717, 1.165) is 25.7 Å². The molecule has 1 unspecified atom stereocenters. The van der Waals surface area contributed by atoms with E-state index in [2.05, 4.69) is 4.72 Å². The quantitative estimate of drug-likeness (QED) is 0.619. The average molecular weight is 463 g/mol. The lowest BCUT2D eigenvalue weighted by molar-refractivity contribution is 0.0507. The molecule has 0 spiro atoms. The highest BCUT2D eigenvalue weighted by atomic mass is 32.2. The number of carbonyl (C=O) groups excluding carboxylic acids is 1. The SMILES string of the molecule is COc1ccc(C(=O)N(Cc2cccc(F)c2)CC2CCCO2)cc1S(=O)(=O)NC1CC1. The van der Waals surface area contributed by atoms with Crippen molar-refractivity contribution in [3.8, 4) is 5.75 Å². The second-order valence-electron chi connectivity index (χ2n) is 8.21. The number of ether oxygens (including phenoxy) is 2. The molecular formula is C23H27FN2O5S. The van der Waals surface area contributed by atoms with Crippen LogP contribution in [0.1, 0.15) is 41.6 Å². The van der Waals surface area contributed by atoms with Gasteiger partial charge in [-0.25, -0.2) is 17.5 Å². The standard InChI is InChI=1S/C23H27FN2O5S/c1-30-21-10-7-17(13-22(21)32(28,29)25-19-8-9-19)23(27)26(15-20-6-3-11-31-20)14-16-4-2-5-18(24)12-16/h2,4-5,7,10,12-13,19-20,25H,3,6,8-9,11,14-15H2,1H3. The molecule has 2 aromatic rings. The fourth-order valence-electron chi connectivity index (χ4n) is 3.80. The monoisotopic (exact) mass is 462 g/mol. The van der Waals surface area contributed by atoms with E-state index >= 15 is 0 Å². The van der Waals surface area contributed by atoms with Crippen LogP contribution < -0.4 is 9.46 Å². The summed E-state index contributed by atoms with van der Waals surface area (Å²) in [6, 6.07) is 10.4. The van der Waals surface area contributed by atoms with E-state index in [1.54, 1.807) is 23.1 Å². The van der Waals surface area contributed by atoms with E-state index in [4.69, 9.17) is 9.47 Å². The van der Waals surface area contributed by atoms with Crippen LogP contribution in [0.15, 0.2) is 47.4 Å². The van der Waals surface area contributed by atoms with Crippen molar-refractivity contribution < 1.29 is 27.1 Å². The van der Waals surface area contributed by atoms with Crippen LogP contribution in [-0.2, 0) is 21.3 Å². The summed E-state index contributed by atoms with van der Waals surface area (Å²) in [5.74, 6) is -0.559. The molecule has 32 heavy (non-hydrogen) atoms. The number of nitrogens with zero attached hydrogens (tertiary/aromatic N) is 1. The first-order chi connectivity index (χ1) is 15.4. The summed E-state index contributed by atoms with van der Waals surface area (Å²) in [5.41, 5.74) is 0.865. The van der Waals surface area contributed by atoms with Crippen LogP contribution >= 0.6 is 0 Å². The predicted molar refractivity (Wildman–Crippen MR) is 116 cm³/mol. The van der Waals surface area contributed by atoms with Gasteiger partial charge in [0, 0.05) is 31.3 Å². The van der Waals surface area contributed by atoms with Gasteiger partial charge in [0.2, 0.25) is 10.0 Å². The number of nitrogens with one attached hydrogen (secondary N) is 1. The van der Waals surface area contributed by atoms with Crippen LogP contribution in [0.2, 0.25) is 0 Å². The molecule has 4 rings (SSSR count). The average Bonchev–Trinajstić information content (AvgIpc) is 3.42. The van der Waals surface area contributed by atoms with Gasteiger partial charge < -0.3 is 14.4 Å². The number of halogens is 1. The van der Waals surface area contributed by atoms with Gasteiger partial charge in [-0.15, -0.1) is 0 Å². The van der Waals surface area contributed by atoms with Crippen LogP contribution in [0, 0.1) is 5.82 Å². The van der Waals surface area contributed by atoms with Crippen molar-refractivity contribution in [1.29, 1.82) is 0 Å². The highest BCUT2D eigenvalue weighted by Gasteiger charge is 2.31. The normalized spacial score (nSPS) is 18.5. The summed E-state index contributed by atoms with van der Waals surface area (Å²) in [5, 5.41) is 0. The zero-order valence-corrected chi connectivity index (χ0v) is 18.7. The third kappa shape index (κ3) is 5.46. The number of sulfonamides is 1. The molecule has 1 aliphatic carbocycles. The number of rotatable bonds is 9. The van der Waals surface area contributed by atoms with Crippen molar-refractivity contribution in [3.05, 3.63) is 59.4 Å². The number of benzene rings is 2. The van der Waals surface area contributed by atoms with Gasteiger partial charge in [0.25, 0.3) is 5.91 Å². The van der Waals surface area contributed by atoms with E-state index in [0.29, 0.717) is 18.7 Å². The van der Waals surface area contributed by atoms with E-state index in [9.17, 15) is 17.6 Å². The van der Waals surface area contributed by atoms with Gasteiger partial charge in [-0.3, -0.25) is 4.79 Å². The number of carbonyl (C=O) groups is 1. The molecule has 1 saturated carbocycles. The third-order valence-corrected chi connectivity index (χ3v) is 7.14. The maximum atomic E-state index is 13.7. The lowest BCUT2D eigenvalue weighted by atomic mass is 10.1. The minimum absolute atomic E-state index is 0.0689. The zero-order valence-electron chi connectivity index (χ0n) is 17.9. The molecule has 0 aromatic heterocycles. The third-order valence-electron chi connectivity index (χ3n) is 5.60. The van der Waals surface area contributed by atoms with Crippen LogP contribution in [0.5, 0.6) is 5.75 Å². The fraction of sp³-hybridized carbons (Fsp3) is 0.435. The first-order valence-corrected chi connectivity index (χ1v) is 12.2. The van der Waals surface area contributed by atoms with E-state index in [-0.39, 0.29) is 46.6 Å². The second kappa shape index (κ2) is 9.56. The minimum Gasteiger partial charge on any atom is -0.495 e. The van der Waals surface area contributed by atoms with E-state index in [1.807, 2.05) is 0 Å². The molecule has 1 heterocycles. The molecule has 2 fully saturated rings. The van der Waals surface area contributed by atoms with Crippen molar-refractivity contribution in [2.75, 3.05) is 20.3 Å². The second-order valence-corrected chi connectivity index (χ2v) is 9.89. The Balaban J connectivity index is 1.63. The Bertz CT molecular complexity index is 1080. The van der Waals surface area contributed by atoms with Crippen LogP contribution in [0.25, 0.3) is 0 Å². The number of amides is 1. The maximum Gasteiger partial charge on any atom is 0.254 e. The molecular weight excluding hydrogens is 435 g/mol. The van der Waals surface area contributed by atoms with Crippen LogP contribution in [-0.4, -0.2) is 51.6 Å². The van der Waals surface area contributed by atoms with Crippen molar-refractivity contribution in [2.45, 2.75) is 49.3 Å².